The van der Waals surface area contributed by atoms with Crippen molar-refractivity contribution in [1.82, 2.24) is 0 Å². The maximum Gasteiger partial charge on any atom is 0.243 e. The molecule has 0 aliphatic heterocycles. The molecule has 0 radical (unpaired) electrons. The number of anilines is 2. The number of hydrogen-bond donors (Lipinski definition) is 2. The van der Waals surface area contributed by atoms with Gasteiger partial charge in [-0.05, 0) is 50.1 Å². The van der Waals surface area contributed by atoms with Crippen LogP contribution in [0.1, 0.15) is 16.7 Å². The summed E-state index contributed by atoms with van der Waals surface area (Å²) in [6.45, 7) is 5.98. The molecule has 0 spiro atoms. The molecule has 1 amide bonds. The predicted molar refractivity (Wildman–Crippen MR) is 84.2 cm³/mol. The number of nitrogens with one attached hydrogen (secondary N) is 2. The molecule has 0 aromatic heterocycles. The summed E-state index contributed by atoms with van der Waals surface area (Å²) < 4.78 is 13.2. The van der Waals surface area contributed by atoms with Gasteiger partial charge in [-0.2, -0.15) is 0 Å². The second kappa shape index (κ2) is 6.39. The molecule has 2 N–H and O–H groups in total. The number of rotatable bonds is 4. The molecule has 110 valence electrons. The monoisotopic (exact) mass is 286 g/mol. The Kier molecular flexibility index (Phi) is 4.58. The fraction of sp³-hybridized carbons (Fsp3) is 0.235. The normalized spacial score (nSPS) is 10.3. The SMILES string of the molecule is Cc1ccc(NCC(=O)Nc2cc(F)ccc2C)c(C)c1. The molecule has 3 nitrogen and oxygen atoms in total. The number of benzene rings is 2. The Morgan fingerprint density at radius 3 is 2.48 bits per heavy atom. The van der Waals surface area contributed by atoms with Gasteiger partial charge >= 0.3 is 0 Å². The Labute approximate surface area is 124 Å². The van der Waals surface area contributed by atoms with E-state index in [0.717, 1.165) is 16.8 Å². The minimum Gasteiger partial charge on any atom is -0.376 e. The first-order chi connectivity index (χ1) is 9.95. The van der Waals surface area contributed by atoms with Gasteiger partial charge in [-0.25, -0.2) is 4.39 Å². The lowest BCUT2D eigenvalue weighted by atomic mass is 10.1. The average molecular weight is 286 g/mol. The largest absolute Gasteiger partial charge is 0.376 e. The standard InChI is InChI=1S/C17H19FN2O/c1-11-4-7-15(13(3)8-11)19-10-17(21)20-16-9-14(18)6-5-12(16)2/h4-9,19H,10H2,1-3H3,(H,20,21). The van der Waals surface area contributed by atoms with Crippen LogP contribution in [-0.4, -0.2) is 12.5 Å². The average Bonchev–Trinajstić information content (AvgIpc) is 2.42. The van der Waals surface area contributed by atoms with Crippen molar-refractivity contribution in [3.63, 3.8) is 0 Å². The molecule has 0 bridgehead atoms. The third kappa shape index (κ3) is 4.05. The zero-order valence-electron chi connectivity index (χ0n) is 12.5. The summed E-state index contributed by atoms with van der Waals surface area (Å²) in [4.78, 5) is 11.9. The Hall–Kier alpha value is -2.36. The zero-order chi connectivity index (χ0) is 15.4. The minimum atomic E-state index is -0.363. The number of aryl methyl sites for hydroxylation is 3. The molecule has 0 unspecified atom stereocenters. The van der Waals surface area contributed by atoms with E-state index in [1.807, 2.05) is 32.9 Å². The van der Waals surface area contributed by atoms with E-state index in [0.29, 0.717) is 5.69 Å². The van der Waals surface area contributed by atoms with Crippen LogP contribution in [0.15, 0.2) is 36.4 Å². The number of amides is 1. The molecule has 0 aliphatic rings. The summed E-state index contributed by atoms with van der Waals surface area (Å²) in [6, 6.07) is 10.3. The van der Waals surface area contributed by atoms with Crippen LogP contribution >= 0.6 is 0 Å². The van der Waals surface area contributed by atoms with Crippen molar-refractivity contribution in [1.29, 1.82) is 0 Å². The van der Waals surface area contributed by atoms with Crippen molar-refractivity contribution in [2.75, 3.05) is 17.2 Å². The summed E-state index contributed by atoms with van der Waals surface area (Å²) in [5.74, 6) is -0.568. The van der Waals surface area contributed by atoms with Gasteiger partial charge in [0, 0.05) is 11.4 Å². The van der Waals surface area contributed by atoms with E-state index in [2.05, 4.69) is 16.7 Å². The number of halogens is 1. The summed E-state index contributed by atoms with van der Waals surface area (Å²) >= 11 is 0. The molecule has 2 aromatic carbocycles. The summed E-state index contributed by atoms with van der Waals surface area (Å²) in [5.41, 5.74) is 4.52. The highest BCUT2D eigenvalue weighted by Gasteiger charge is 2.06. The molecule has 0 saturated carbocycles. The number of carbonyl (C=O) groups is 1. The van der Waals surface area contributed by atoms with Crippen molar-refractivity contribution < 1.29 is 9.18 Å². The van der Waals surface area contributed by atoms with Gasteiger partial charge in [0.2, 0.25) is 5.91 Å². The van der Waals surface area contributed by atoms with Crippen LogP contribution in [0.2, 0.25) is 0 Å². The first kappa shape index (κ1) is 15.0. The van der Waals surface area contributed by atoms with Crippen LogP contribution in [0.25, 0.3) is 0 Å². The maximum absolute atomic E-state index is 13.2. The molecule has 4 heteroatoms. The van der Waals surface area contributed by atoms with Crippen LogP contribution in [0.5, 0.6) is 0 Å². The number of carbonyl (C=O) groups excluding carboxylic acids is 1. The fourth-order valence-corrected chi connectivity index (χ4v) is 2.11. The molecule has 2 rings (SSSR count). The molecular formula is C17H19FN2O. The van der Waals surface area contributed by atoms with Gasteiger partial charge in [-0.1, -0.05) is 23.8 Å². The van der Waals surface area contributed by atoms with Gasteiger partial charge in [-0.15, -0.1) is 0 Å². The Morgan fingerprint density at radius 2 is 1.76 bits per heavy atom. The first-order valence-electron chi connectivity index (χ1n) is 6.83. The molecule has 21 heavy (non-hydrogen) atoms. The molecule has 0 aliphatic carbocycles. The molecule has 0 heterocycles. The second-order valence-corrected chi connectivity index (χ2v) is 5.18. The molecule has 0 atom stereocenters. The van der Waals surface area contributed by atoms with Gasteiger partial charge in [0.15, 0.2) is 0 Å². The quantitative estimate of drug-likeness (QED) is 0.897. The fourth-order valence-electron chi connectivity index (χ4n) is 2.11. The lowest BCUT2D eigenvalue weighted by Crippen LogP contribution is -2.22. The minimum absolute atomic E-state index is 0.139. The van der Waals surface area contributed by atoms with Crippen LogP contribution in [0.4, 0.5) is 15.8 Å². The highest BCUT2D eigenvalue weighted by molar-refractivity contribution is 5.94. The molecular weight excluding hydrogens is 267 g/mol. The Bertz CT molecular complexity index is 668. The lowest BCUT2D eigenvalue weighted by molar-refractivity contribution is -0.114. The van der Waals surface area contributed by atoms with Crippen LogP contribution in [-0.2, 0) is 4.79 Å². The van der Waals surface area contributed by atoms with Gasteiger partial charge < -0.3 is 10.6 Å². The molecule has 0 saturated heterocycles. The van der Waals surface area contributed by atoms with Crippen LogP contribution in [0, 0.1) is 26.6 Å². The second-order valence-electron chi connectivity index (χ2n) is 5.18. The summed E-state index contributed by atoms with van der Waals surface area (Å²) in [5, 5.41) is 5.80. The van der Waals surface area contributed by atoms with Crippen molar-refractivity contribution in [3.05, 3.63) is 58.9 Å². The smallest absolute Gasteiger partial charge is 0.243 e. The van der Waals surface area contributed by atoms with Crippen molar-refractivity contribution in [3.8, 4) is 0 Å². The van der Waals surface area contributed by atoms with Gasteiger partial charge in [-0.3, -0.25) is 4.79 Å². The highest BCUT2D eigenvalue weighted by Crippen LogP contribution is 2.17. The number of hydrogen-bond acceptors (Lipinski definition) is 2. The zero-order valence-corrected chi connectivity index (χ0v) is 12.5. The van der Waals surface area contributed by atoms with Crippen LogP contribution in [0.3, 0.4) is 0 Å². The molecule has 0 fully saturated rings. The van der Waals surface area contributed by atoms with Gasteiger partial charge in [0.05, 0.1) is 6.54 Å². The maximum atomic E-state index is 13.2. The van der Waals surface area contributed by atoms with Crippen molar-refractivity contribution in [2.24, 2.45) is 0 Å². The van der Waals surface area contributed by atoms with E-state index in [-0.39, 0.29) is 18.3 Å². The summed E-state index contributed by atoms with van der Waals surface area (Å²) in [7, 11) is 0. The summed E-state index contributed by atoms with van der Waals surface area (Å²) in [6.07, 6.45) is 0. The van der Waals surface area contributed by atoms with E-state index in [9.17, 15) is 9.18 Å². The first-order valence-corrected chi connectivity index (χ1v) is 6.83. The third-order valence-corrected chi connectivity index (χ3v) is 3.30. The molecule has 2 aromatic rings. The van der Waals surface area contributed by atoms with E-state index in [1.54, 1.807) is 6.07 Å². The van der Waals surface area contributed by atoms with Crippen LogP contribution < -0.4 is 10.6 Å². The van der Waals surface area contributed by atoms with Crippen molar-refractivity contribution >= 4 is 17.3 Å². The van der Waals surface area contributed by atoms with Gasteiger partial charge in [0.25, 0.3) is 0 Å². The Morgan fingerprint density at radius 1 is 1.00 bits per heavy atom. The van der Waals surface area contributed by atoms with E-state index in [1.165, 1.54) is 17.7 Å². The predicted octanol–water partition coefficient (Wildman–Crippen LogP) is 3.80. The third-order valence-electron chi connectivity index (χ3n) is 3.30. The van der Waals surface area contributed by atoms with E-state index in [4.69, 9.17) is 0 Å². The van der Waals surface area contributed by atoms with E-state index < -0.39 is 0 Å². The van der Waals surface area contributed by atoms with Gasteiger partial charge in [0.1, 0.15) is 5.82 Å². The topological polar surface area (TPSA) is 41.1 Å². The highest BCUT2D eigenvalue weighted by atomic mass is 19.1. The lowest BCUT2D eigenvalue weighted by Gasteiger charge is -2.12. The van der Waals surface area contributed by atoms with Crippen molar-refractivity contribution in [2.45, 2.75) is 20.8 Å². The van der Waals surface area contributed by atoms with E-state index >= 15 is 0 Å². The Balaban J connectivity index is 1.97.